The number of hydrogen-bond acceptors (Lipinski definition) is 8. The third-order valence-electron chi connectivity index (χ3n) is 6.01. The number of aryl methyl sites for hydroxylation is 1. The SMILES string of the molecule is Cn1c(=O)c2cc(Cl)cc(C(C)(O)Nc3ccc(F)cc3C(N)=O)c2n2cnc(-c3cnc(N)nc3)c12. The fraction of sp³-hybridized carbons (Fsp3) is 0.125. The highest BCUT2D eigenvalue weighted by Gasteiger charge is 2.30. The number of rotatable bonds is 5. The number of hydrogen-bond donors (Lipinski definition) is 4. The molecule has 0 aliphatic heterocycles. The van der Waals surface area contributed by atoms with Crippen molar-refractivity contribution in [2.45, 2.75) is 12.6 Å². The zero-order valence-corrected chi connectivity index (χ0v) is 20.3. The summed E-state index contributed by atoms with van der Waals surface area (Å²) in [6.07, 6.45) is 4.46. The van der Waals surface area contributed by atoms with Crippen molar-refractivity contribution in [3.63, 3.8) is 0 Å². The molecule has 0 saturated heterocycles. The number of aliphatic hydroxyl groups is 1. The summed E-state index contributed by atoms with van der Waals surface area (Å²) in [4.78, 5) is 37.8. The zero-order chi connectivity index (χ0) is 26.6. The summed E-state index contributed by atoms with van der Waals surface area (Å²) in [6, 6.07) is 6.32. The van der Waals surface area contributed by atoms with Gasteiger partial charge in [0.25, 0.3) is 11.5 Å². The molecule has 3 aromatic heterocycles. The third-order valence-corrected chi connectivity index (χ3v) is 6.22. The maximum atomic E-state index is 13.8. The number of nitrogen functional groups attached to an aromatic ring is 1. The van der Waals surface area contributed by atoms with Gasteiger partial charge in [-0.25, -0.2) is 19.3 Å². The van der Waals surface area contributed by atoms with Crippen molar-refractivity contribution in [2.24, 2.45) is 12.8 Å². The Labute approximate surface area is 213 Å². The highest BCUT2D eigenvalue weighted by molar-refractivity contribution is 6.31. The van der Waals surface area contributed by atoms with E-state index in [1.54, 1.807) is 11.4 Å². The van der Waals surface area contributed by atoms with E-state index in [4.69, 9.17) is 23.1 Å². The number of fused-ring (bicyclic) bond motifs is 3. The lowest BCUT2D eigenvalue weighted by atomic mass is 9.99. The molecule has 6 N–H and O–H groups in total. The molecule has 0 radical (unpaired) electrons. The van der Waals surface area contributed by atoms with Crippen molar-refractivity contribution in [2.75, 3.05) is 11.1 Å². The molecular weight excluding hydrogens is 503 g/mol. The van der Waals surface area contributed by atoms with Gasteiger partial charge in [-0.1, -0.05) is 11.6 Å². The number of anilines is 2. The molecule has 0 bridgehead atoms. The average molecular weight is 523 g/mol. The van der Waals surface area contributed by atoms with Gasteiger partial charge < -0.3 is 21.9 Å². The molecule has 1 unspecified atom stereocenters. The van der Waals surface area contributed by atoms with Crippen molar-refractivity contribution in [3.05, 3.63) is 81.4 Å². The van der Waals surface area contributed by atoms with E-state index in [0.29, 0.717) is 22.4 Å². The number of benzene rings is 2. The van der Waals surface area contributed by atoms with Gasteiger partial charge in [-0.3, -0.25) is 18.6 Å². The first-order chi connectivity index (χ1) is 17.5. The summed E-state index contributed by atoms with van der Waals surface area (Å²) in [5.41, 5.74) is 10.4. The number of nitrogens with one attached hydrogen (secondary N) is 1. The Morgan fingerprint density at radius 2 is 1.89 bits per heavy atom. The second-order valence-electron chi connectivity index (χ2n) is 8.58. The molecule has 13 heteroatoms. The molecule has 3 heterocycles. The minimum Gasteiger partial charge on any atom is -0.368 e. The van der Waals surface area contributed by atoms with E-state index in [9.17, 15) is 19.1 Å². The summed E-state index contributed by atoms with van der Waals surface area (Å²) in [6.45, 7) is 1.40. The first-order valence-corrected chi connectivity index (χ1v) is 11.2. The lowest BCUT2D eigenvalue weighted by Gasteiger charge is -2.29. The second-order valence-corrected chi connectivity index (χ2v) is 9.02. The third kappa shape index (κ3) is 4.01. The van der Waals surface area contributed by atoms with Crippen LogP contribution >= 0.6 is 11.6 Å². The molecule has 5 rings (SSSR count). The van der Waals surface area contributed by atoms with Crippen molar-refractivity contribution in [1.82, 2.24) is 23.9 Å². The summed E-state index contributed by atoms with van der Waals surface area (Å²) >= 11 is 6.36. The lowest BCUT2D eigenvalue weighted by molar-refractivity contribution is 0.0897. The van der Waals surface area contributed by atoms with Crippen LogP contribution in [0.5, 0.6) is 0 Å². The number of primary amides is 1. The zero-order valence-electron chi connectivity index (χ0n) is 19.5. The predicted molar refractivity (Wildman–Crippen MR) is 136 cm³/mol. The number of nitrogens with two attached hydrogens (primary N) is 2. The number of carbonyl (C=O) groups is 1. The largest absolute Gasteiger partial charge is 0.368 e. The maximum absolute atomic E-state index is 13.8. The molecule has 188 valence electrons. The Balaban J connectivity index is 1.79. The van der Waals surface area contributed by atoms with Gasteiger partial charge in [0.05, 0.1) is 16.5 Å². The van der Waals surface area contributed by atoms with E-state index < -0.39 is 23.0 Å². The van der Waals surface area contributed by atoms with E-state index >= 15 is 0 Å². The van der Waals surface area contributed by atoms with Crippen LogP contribution < -0.4 is 22.3 Å². The van der Waals surface area contributed by atoms with Crippen LogP contribution in [0, 0.1) is 5.82 Å². The van der Waals surface area contributed by atoms with Crippen LogP contribution in [0.15, 0.2) is 53.8 Å². The van der Waals surface area contributed by atoms with Crippen molar-refractivity contribution in [1.29, 1.82) is 0 Å². The molecule has 1 atom stereocenters. The van der Waals surface area contributed by atoms with Crippen LogP contribution in [0.1, 0.15) is 22.8 Å². The number of nitrogens with zero attached hydrogens (tertiary/aromatic N) is 5. The maximum Gasteiger partial charge on any atom is 0.261 e. The Bertz CT molecular complexity index is 1780. The van der Waals surface area contributed by atoms with Gasteiger partial charge in [-0.05, 0) is 37.3 Å². The Hall–Kier alpha value is -4.55. The molecule has 1 amide bonds. The summed E-state index contributed by atoms with van der Waals surface area (Å²) in [5.74, 6) is -1.48. The Kier molecular flexibility index (Phi) is 5.57. The van der Waals surface area contributed by atoms with Crippen molar-refractivity contribution >= 4 is 45.7 Å². The predicted octanol–water partition coefficient (Wildman–Crippen LogP) is 2.39. The fourth-order valence-electron chi connectivity index (χ4n) is 4.32. The highest BCUT2D eigenvalue weighted by atomic mass is 35.5. The standard InChI is InChI=1S/C24H20ClFN8O3/c1-24(37,32-17-4-3-13(26)7-14(17)20(27)35)16-6-12(25)5-15-19(16)34-10-31-18(21(34)33(2)22(15)36)11-8-29-23(28)30-9-11/h3-10,32,37H,1-2H3,(H2,27,35)(H2,28,29,30). The normalized spacial score (nSPS) is 13.1. The Morgan fingerprint density at radius 3 is 2.57 bits per heavy atom. The summed E-state index contributed by atoms with van der Waals surface area (Å²) in [5, 5.41) is 14.8. The van der Waals surface area contributed by atoms with Crippen LogP contribution in [0.2, 0.25) is 5.02 Å². The molecule has 11 nitrogen and oxygen atoms in total. The summed E-state index contributed by atoms with van der Waals surface area (Å²) < 4.78 is 16.8. The minimum absolute atomic E-state index is 0.0810. The molecule has 0 aliphatic carbocycles. The van der Waals surface area contributed by atoms with Gasteiger partial charge in [-0.15, -0.1) is 0 Å². The van der Waals surface area contributed by atoms with E-state index in [-0.39, 0.29) is 33.2 Å². The lowest BCUT2D eigenvalue weighted by Crippen LogP contribution is -2.34. The molecule has 37 heavy (non-hydrogen) atoms. The smallest absolute Gasteiger partial charge is 0.261 e. The Morgan fingerprint density at radius 1 is 1.19 bits per heavy atom. The van der Waals surface area contributed by atoms with Crippen LogP contribution in [-0.4, -0.2) is 34.9 Å². The highest BCUT2D eigenvalue weighted by Crippen LogP contribution is 2.34. The van der Waals surface area contributed by atoms with E-state index in [1.165, 1.54) is 48.4 Å². The van der Waals surface area contributed by atoms with E-state index in [0.717, 1.165) is 12.1 Å². The number of imidazole rings is 1. The van der Waals surface area contributed by atoms with Gasteiger partial charge >= 0.3 is 0 Å². The molecule has 0 saturated carbocycles. The molecular formula is C24H20ClFN8O3. The first kappa shape index (κ1) is 24.2. The van der Waals surface area contributed by atoms with Crippen LogP contribution in [0.25, 0.3) is 27.8 Å². The van der Waals surface area contributed by atoms with Crippen LogP contribution in [0.4, 0.5) is 16.0 Å². The number of aromatic nitrogens is 5. The van der Waals surface area contributed by atoms with Gasteiger partial charge in [-0.2, -0.15) is 0 Å². The number of amides is 1. The minimum atomic E-state index is -1.92. The quantitative estimate of drug-likeness (QED) is 0.255. The first-order valence-electron chi connectivity index (χ1n) is 10.9. The fourth-order valence-corrected chi connectivity index (χ4v) is 4.54. The topological polar surface area (TPSA) is 166 Å². The number of carbonyl (C=O) groups excluding carboxylic acids is 1. The monoisotopic (exact) mass is 522 g/mol. The van der Waals surface area contributed by atoms with E-state index in [1.807, 2.05) is 0 Å². The van der Waals surface area contributed by atoms with Gasteiger partial charge in [0.2, 0.25) is 5.95 Å². The van der Waals surface area contributed by atoms with Crippen LogP contribution in [0.3, 0.4) is 0 Å². The molecule has 0 aliphatic rings. The van der Waals surface area contributed by atoms with Gasteiger partial charge in [0.1, 0.15) is 23.5 Å². The number of halogens is 2. The average Bonchev–Trinajstić information content (AvgIpc) is 3.28. The second kappa shape index (κ2) is 8.54. The van der Waals surface area contributed by atoms with Crippen molar-refractivity contribution < 1.29 is 14.3 Å². The molecule has 2 aromatic carbocycles. The molecule has 0 fully saturated rings. The molecule has 5 aromatic rings. The van der Waals surface area contributed by atoms with E-state index in [2.05, 4.69) is 20.3 Å². The summed E-state index contributed by atoms with van der Waals surface area (Å²) in [7, 11) is 1.58. The van der Waals surface area contributed by atoms with Gasteiger partial charge in [0, 0.05) is 41.3 Å². The van der Waals surface area contributed by atoms with Crippen molar-refractivity contribution in [3.8, 4) is 11.3 Å². The van der Waals surface area contributed by atoms with Crippen LogP contribution in [-0.2, 0) is 12.8 Å². The van der Waals surface area contributed by atoms with Gasteiger partial charge in [0.15, 0.2) is 5.72 Å². The molecule has 0 spiro atoms.